The number of rotatable bonds is 18. The van der Waals surface area contributed by atoms with E-state index in [-0.39, 0.29) is 58.3 Å². The number of nitrogens with one attached hydrogen (secondary N) is 4. The Morgan fingerprint density at radius 3 is 2.24 bits per heavy atom. The largest absolute Gasteiger partial charge is 0.423 e. The van der Waals surface area contributed by atoms with E-state index < -0.39 is 10.9 Å². The van der Waals surface area contributed by atoms with Crippen molar-refractivity contribution in [2.45, 2.75) is 75.2 Å². The number of nitro groups is 1. The van der Waals surface area contributed by atoms with Gasteiger partial charge in [0.2, 0.25) is 11.8 Å². The molecule has 2 saturated heterocycles. The molecule has 5 rings (SSSR count). The van der Waals surface area contributed by atoms with E-state index in [1.54, 1.807) is 36.4 Å². The van der Waals surface area contributed by atoms with Crippen LogP contribution >= 0.6 is 11.8 Å². The van der Waals surface area contributed by atoms with Crippen molar-refractivity contribution < 1.29 is 33.6 Å². The SMILES string of the molecule is O=C(CCCC[C@@H]1SC[C@@H]2NC(=O)N[C@@H]21)NCCCCCC(=O)NCc1ccc(C(=O)c2ccccc2C(=O)Oc2ccc([N+](=O)[O-])cc2)cc1. The molecule has 0 bridgehead atoms. The minimum absolute atomic E-state index is 0.0413. The van der Waals surface area contributed by atoms with Gasteiger partial charge in [0.15, 0.2) is 5.78 Å². The molecule has 3 aromatic carbocycles. The average Bonchev–Trinajstić information content (AvgIpc) is 3.69. The average molecular weight is 716 g/mol. The fraction of sp³-hybridized carbons (Fsp3) is 0.378. The molecule has 4 N–H and O–H groups in total. The number of nitro benzene ring substituents is 1. The molecular formula is C37H41N5O8S. The Labute approximate surface area is 299 Å². The summed E-state index contributed by atoms with van der Waals surface area (Å²) in [5.74, 6) is -0.145. The Bertz CT molecular complexity index is 1730. The van der Waals surface area contributed by atoms with Gasteiger partial charge in [0.25, 0.3) is 5.69 Å². The summed E-state index contributed by atoms with van der Waals surface area (Å²) < 4.78 is 5.35. The molecule has 2 aliphatic rings. The van der Waals surface area contributed by atoms with Crippen molar-refractivity contribution in [3.63, 3.8) is 0 Å². The number of ketones is 1. The first-order valence-electron chi connectivity index (χ1n) is 17.1. The number of nitrogens with zero attached hydrogens (tertiary/aromatic N) is 1. The maximum Gasteiger partial charge on any atom is 0.344 e. The van der Waals surface area contributed by atoms with Gasteiger partial charge in [-0.1, -0.05) is 55.3 Å². The molecule has 0 aromatic heterocycles. The van der Waals surface area contributed by atoms with Crippen LogP contribution in [0.25, 0.3) is 0 Å². The summed E-state index contributed by atoms with van der Waals surface area (Å²) in [6, 6.07) is 18.4. The van der Waals surface area contributed by atoms with Crippen LogP contribution < -0.4 is 26.0 Å². The number of urea groups is 1. The number of carbonyl (C=O) groups is 5. The Kier molecular flexibility index (Phi) is 13.2. The van der Waals surface area contributed by atoms with Crippen LogP contribution in [0.3, 0.4) is 0 Å². The second kappa shape index (κ2) is 18.1. The predicted molar refractivity (Wildman–Crippen MR) is 192 cm³/mol. The lowest BCUT2D eigenvalue weighted by Crippen LogP contribution is -2.36. The molecule has 51 heavy (non-hydrogen) atoms. The molecule has 14 heteroatoms. The predicted octanol–water partition coefficient (Wildman–Crippen LogP) is 5.06. The fourth-order valence-electron chi connectivity index (χ4n) is 6.05. The molecule has 268 valence electrons. The summed E-state index contributed by atoms with van der Waals surface area (Å²) in [4.78, 5) is 72.6. The second-order valence-electron chi connectivity index (χ2n) is 12.5. The minimum Gasteiger partial charge on any atom is -0.423 e. The highest BCUT2D eigenvalue weighted by atomic mass is 32.2. The van der Waals surface area contributed by atoms with Gasteiger partial charge in [-0.3, -0.25) is 24.5 Å². The first-order chi connectivity index (χ1) is 24.7. The first-order valence-corrected chi connectivity index (χ1v) is 18.1. The lowest BCUT2D eigenvalue weighted by Gasteiger charge is -2.16. The third-order valence-electron chi connectivity index (χ3n) is 8.84. The summed E-state index contributed by atoms with van der Waals surface area (Å²) in [5.41, 5.74) is 1.23. The van der Waals surface area contributed by atoms with Crippen LogP contribution in [0.4, 0.5) is 10.5 Å². The Hall–Kier alpha value is -5.24. The monoisotopic (exact) mass is 715 g/mol. The van der Waals surface area contributed by atoms with E-state index in [9.17, 15) is 34.1 Å². The van der Waals surface area contributed by atoms with Crippen molar-refractivity contribution in [3.8, 4) is 5.75 Å². The van der Waals surface area contributed by atoms with Crippen molar-refractivity contribution in [2.24, 2.45) is 0 Å². The van der Waals surface area contributed by atoms with Crippen LogP contribution in [0.5, 0.6) is 5.75 Å². The molecule has 0 unspecified atom stereocenters. The number of amides is 4. The van der Waals surface area contributed by atoms with Crippen LogP contribution in [0.2, 0.25) is 0 Å². The van der Waals surface area contributed by atoms with Crippen LogP contribution in [0, 0.1) is 10.1 Å². The number of hydrogen-bond donors (Lipinski definition) is 4. The highest BCUT2D eigenvalue weighted by molar-refractivity contribution is 8.00. The number of ether oxygens (including phenoxy) is 1. The number of thioether (sulfide) groups is 1. The maximum absolute atomic E-state index is 13.3. The minimum atomic E-state index is -0.767. The van der Waals surface area contributed by atoms with Gasteiger partial charge in [-0.15, -0.1) is 0 Å². The lowest BCUT2D eigenvalue weighted by molar-refractivity contribution is -0.384. The summed E-state index contributed by atoms with van der Waals surface area (Å²) >= 11 is 1.88. The molecule has 2 heterocycles. The summed E-state index contributed by atoms with van der Waals surface area (Å²) in [6.45, 7) is 0.880. The normalized spacial score (nSPS) is 17.5. The number of benzene rings is 3. The third kappa shape index (κ3) is 10.6. The Morgan fingerprint density at radius 1 is 0.824 bits per heavy atom. The zero-order valence-corrected chi connectivity index (χ0v) is 28.9. The molecule has 0 spiro atoms. The standard InChI is InChI=1S/C37H41N5O8S/c43-32(12-6-5-10-31-34-30(23-51-31)40-37(47)41-34)38-21-7-1-2-11-33(44)39-22-24-13-15-25(16-14-24)35(45)28-8-3-4-9-29(28)36(46)50-27-19-17-26(18-20-27)42(48)49/h3-4,8-9,13-20,30-31,34H,1-2,5-7,10-12,21-23H2,(H,38,43)(H,39,44)(H2,40,41,47)/t30-,31-,34-/m0/s1. The number of esters is 1. The van der Waals surface area contributed by atoms with Crippen LogP contribution in [-0.2, 0) is 16.1 Å². The molecule has 2 fully saturated rings. The number of hydrogen-bond acceptors (Lipinski definition) is 9. The van der Waals surface area contributed by atoms with Crippen molar-refractivity contribution in [1.82, 2.24) is 21.3 Å². The molecule has 0 aliphatic carbocycles. The van der Waals surface area contributed by atoms with Gasteiger partial charge in [-0.2, -0.15) is 11.8 Å². The maximum atomic E-state index is 13.3. The van der Waals surface area contributed by atoms with E-state index in [1.165, 1.54) is 36.4 Å². The Morgan fingerprint density at radius 2 is 1.51 bits per heavy atom. The van der Waals surface area contributed by atoms with Crippen molar-refractivity contribution in [3.05, 3.63) is 105 Å². The summed E-state index contributed by atoms with van der Waals surface area (Å²) in [6.07, 6.45) is 5.92. The lowest BCUT2D eigenvalue weighted by atomic mass is 9.97. The topological polar surface area (TPSA) is 186 Å². The van der Waals surface area contributed by atoms with E-state index in [1.807, 2.05) is 11.8 Å². The molecule has 0 radical (unpaired) electrons. The van der Waals surface area contributed by atoms with Crippen LogP contribution in [0.1, 0.15) is 83.2 Å². The van der Waals surface area contributed by atoms with Gasteiger partial charge in [0.05, 0.1) is 22.6 Å². The van der Waals surface area contributed by atoms with Crippen molar-refractivity contribution in [1.29, 1.82) is 0 Å². The van der Waals surface area contributed by atoms with E-state index >= 15 is 0 Å². The van der Waals surface area contributed by atoms with Crippen molar-refractivity contribution in [2.75, 3.05) is 12.3 Å². The quantitative estimate of drug-likeness (QED) is 0.0266. The van der Waals surface area contributed by atoms with Gasteiger partial charge in [-0.25, -0.2) is 9.59 Å². The fourth-order valence-corrected chi connectivity index (χ4v) is 7.60. The number of non-ortho nitro benzene ring substituents is 1. The van der Waals surface area contributed by atoms with Crippen LogP contribution in [0.15, 0.2) is 72.8 Å². The first kappa shape index (κ1) is 37.0. The van der Waals surface area contributed by atoms with Crippen LogP contribution in [-0.4, -0.2) is 64.2 Å². The van der Waals surface area contributed by atoms with Gasteiger partial charge < -0.3 is 26.0 Å². The molecule has 3 aromatic rings. The summed E-state index contributed by atoms with van der Waals surface area (Å²) in [7, 11) is 0. The zero-order valence-electron chi connectivity index (χ0n) is 28.1. The number of unbranched alkanes of at least 4 members (excludes halogenated alkanes) is 3. The second-order valence-corrected chi connectivity index (χ2v) is 13.8. The van der Waals surface area contributed by atoms with Crippen molar-refractivity contribution >= 4 is 47.0 Å². The van der Waals surface area contributed by atoms with E-state index in [4.69, 9.17) is 4.74 Å². The smallest absolute Gasteiger partial charge is 0.344 e. The number of fused-ring (bicyclic) bond motifs is 1. The van der Waals surface area contributed by atoms with E-state index in [0.29, 0.717) is 43.2 Å². The molecule has 13 nitrogen and oxygen atoms in total. The molecular weight excluding hydrogens is 675 g/mol. The van der Waals surface area contributed by atoms with Gasteiger partial charge in [-0.05, 0) is 49.4 Å². The van der Waals surface area contributed by atoms with Gasteiger partial charge in [0.1, 0.15) is 5.75 Å². The zero-order chi connectivity index (χ0) is 36.2. The molecule has 3 atom stereocenters. The number of carbonyl (C=O) groups excluding carboxylic acids is 5. The third-order valence-corrected chi connectivity index (χ3v) is 10.3. The van der Waals surface area contributed by atoms with E-state index in [2.05, 4.69) is 21.3 Å². The molecule has 0 saturated carbocycles. The van der Waals surface area contributed by atoms with Gasteiger partial charge in [0, 0.05) is 60.2 Å². The molecule has 2 aliphatic heterocycles. The van der Waals surface area contributed by atoms with E-state index in [0.717, 1.165) is 43.4 Å². The highest BCUT2D eigenvalue weighted by Gasteiger charge is 2.42. The molecule has 4 amide bonds. The summed E-state index contributed by atoms with van der Waals surface area (Å²) in [5, 5.41) is 23.1. The Balaban J connectivity index is 0.947. The highest BCUT2D eigenvalue weighted by Crippen LogP contribution is 2.33. The van der Waals surface area contributed by atoms with Gasteiger partial charge >= 0.3 is 12.0 Å².